The number of Topliss-reactive ketones (excluding diaryl/α,β-unsaturated/α-hetero) is 4. The highest BCUT2D eigenvalue weighted by Gasteiger charge is 2.62. The Labute approximate surface area is 321 Å². The molecule has 0 N–H and O–H groups in total. The SMILES string of the molecule is COc1ccc(OC)c2c1[C@@H]1C3=C(C(=O)C4=C(C3=O)[C@@H]3C5=C(C(=O)C6=C(C5=O)C5c7ccccc7C6c6ccccc65)[C@H]4c4ccccc43)[C@H]2c2ccccc21. The highest BCUT2D eigenvalue weighted by Crippen LogP contribution is 2.68. The van der Waals surface area contributed by atoms with E-state index in [2.05, 4.69) is 24.3 Å². The number of carbonyl (C=O) groups is 4. The molecule has 5 aromatic rings. The topological polar surface area (TPSA) is 86.7 Å². The first kappa shape index (κ1) is 30.6. The third kappa shape index (κ3) is 3.20. The molecule has 0 fully saturated rings. The van der Waals surface area contributed by atoms with E-state index < -0.39 is 35.5 Å². The van der Waals surface area contributed by atoms with E-state index in [0.29, 0.717) is 56.1 Å². The van der Waals surface area contributed by atoms with Crippen LogP contribution in [0.1, 0.15) is 91.1 Å². The number of ketones is 4. The smallest absolute Gasteiger partial charge is 0.187 e. The fourth-order valence-corrected chi connectivity index (χ4v) is 12.3. The van der Waals surface area contributed by atoms with Crippen molar-refractivity contribution in [3.63, 3.8) is 0 Å². The molecule has 266 valence electrons. The van der Waals surface area contributed by atoms with Crippen LogP contribution in [0.4, 0.5) is 0 Å². The van der Waals surface area contributed by atoms with Gasteiger partial charge in [-0.05, 0) is 56.6 Å². The standard InChI is InChI=1S/C50H30O6/c1-55-29-19-20-30(56-2)38-34-26-16-8-7-15-25(26)33(37(29)38)41-42(34)50(54)46-36-28-18-10-9-17-27(28)35(45(46)49(41)53)43-44(36)48(52)40-32-23-13-5-3-11-21(23)31(39(40)47(43)51)22-12-4-6-14-24(22)32/h3-20,31-36H,1-2H3/t31?,32?,33-,34+,35+,36-. The lowest BCUT2D eigenvalue weighted by atomic mass is 9.48. The molecule has 0 radical (unpaired) electrons. The van der Waals surface area contributed by atoms with E-state index in [1.54, 1.807) is 14.2 Å². The monoisotopic (exact) mass is 726 g/mol. The van der Waals surface area contributed by atoms with Crippen molar-refractivity contribution in [1.82, 2.24) is 0 Å². The Hall–Kier alpha value is -6.66. The van der Waals surface area contributed by atoms with Crippen molar-refractivity contribution in [1.29, 1.82) is 0 Å². The molecule has 5 aromatic carbocycles. The fraction of sp³-hybridized carbons (Fsp3) is 0.160. The first-order chi connectivity index (χ1) is 27.5. The predicted octanol–water partition coefficient (Wildman–Crippen LogP) is 7.97. The first-order valence-electron chi connectivity index (χ1n) is 19.2. The summed E-state index contributed by atoms with van der Waals surface area (Å²) in [5, 5.41) is 0. The maximum atomic E-state index is 15.7. The van der Waals surface area contributed by atoms with Crippen LogP contribution in [0.15, 0.2) is 154 Å². The van der Waals surface area contributed by atoms with E-state index in [1.807, 2.05) is 84.9 Å². The normalized spacial score (nSPS) is 26.2. The second kappa shape index (κ2) is 10.1. The lowest BCUT2D eigenvalue weighted by Crippen LogP contribution is -2.48. The van der Waals surface area contributed by atoms with Crippen molar-refractivity contribution < 1.29 is 28.7 Å². The Kier molecular flexibility index (Phi) is 5.55. The van der Waals surface area contributed by atoms with Gasteiger partial charge in [-0.3, -0.25) is 19.2 Å². The zero-order chi connectivity index (χ0) is 37.5. The van der Waals surface area contributed by atoms with E-state index in [1.165, 1.54) is 0 Å². The van der Waals surface area contributed by atoms with E-state index in [4.69, 9.17) is 9.47 Å². The van der Waals surface area contributed by atoms with E-state index in [0.717, 1.165) is 55.6 Å². The maximum absolute atomic E-state index is 15.7. The minimum Gasteiger partial charge on any atom is -0.496 e. The summed E-state index contributed by atoms with van der Waals surface area (Å²) in [6, 6.07) is 35.8. The molecule has 11 aliphatic carbocycles. The number of hydrogen-bond donors (Lipinski definition) is 0. The van der Waals surface area contributed by atoms with Crippen LogP contribution in [-0.2, 0) is 19.2 Å². The Balaban J connectivity index is 1.05. The highest BCUT2D eigenvalue weighted by molar-refractivity contribution is 6.36. The van der Waals surface area contributed by atoms with Gasteiger partial charge in [0, 0.05) is 91.2 Å². The molecule has 11 aliphatic rings. The predicted molar refractivity (Wildman–Crippen MR) is 206 cm³/mol. The molecule has 4 atom stereocenters. The number of allylic oxidation sites excluding steroid dienone is 8. The van der Waals surface area contributed by atoms with Crippen LogP contribution in [0.3, 0.4) is 0 Å². The van der Waals surface area contributed by atoms with Crippen LogP contribution in [0.5, 0.6) is 11.5 Å². The molecule has 56 heavy (non-hydrogen) atoms. The molecule has 0 saturated heterocycles. The second-order valence-corrected chi connectivity index (χ2v) is 16.0. The molecule has 0 spiro atoms. The molecule has 0 aromatic heterocycles. The van der Waals surface area contributed by atoms with Gasteiger partial charge in [0.15, 0.2) is 23.1 Å². The lowest BCUT2D eigenvalue weighted by molar-refractivity contribution is -0.119. The highest BCUT2D eigenvalue weighted by atomic mass is 16.5. The number of methoxy groups -OCH3 is 2. The van der Waals surface area contributed by atoms with Crippen LogP contribution in [0.25, 0.3) is 0 Å². The first-order valence-corrected chi connectivity index (χ1v) is 19.2. The Morgan fingerprint density at radius 1 is 0.304 bits per heavy atom. The van der Waals surface area contributed by atoms with Gasteiger partial charge in [0.2, 0.25) is 0 Å². The Morgan fingerprint density at radius 2 is 0.518 bits per heavy atom. The molecule has 0 unspecified atom stereocenters. The summed E-state index contributed by atoms with van der Waals surface area (Å²) in [7, 11) is 3.24. The van der Waals surface area contributed by atoms with E-state index in [-0.39, 0.29) is 23.1 Å². The van der Waals surface area contributed by atoms with Gasteiger partial charge in [-0.1, -0.05) is 97.1 Å². The van der Waals surface area contributed by atoms with Crippen LogP contribution < -0.4 is 9.47 Å². The molecule has 6 bridgehead atoms. The third-order valence-electron chi connectivity index (χ3n) is 14.1. The van der Waals surface area contributed by atoms with Gasteiger partial charge in [0.05, 0.1) is 14.2 Å². The van der Waals surface area contributed by atoms with Gasteiger partial charge in [0.1, 0.15) is 11.5 Å². The summed E-state index contributed by atoms with van der Waals surface area (Å²) in [6.07, 6.45) is 0. The second-order valence-electron chi connectivity index (χ2n) is 16.0. The van der Waals surface area contributed by atoms with Crippen LogP contribution >= 0.6 is 0 Å². The molecule has 0 amide bonds. The molecule has 16 rings (SSSR count). The van der Waals surface area contributed by atoms with Gasteiger partial charge < -0.3 is 9.47 Å². The number of rotatable bonds is 2. The Morgan fingerprint density at radius 3 is 0.786 bits per heavy atom. The van der Waals surface area contributed by atoms with Gasteiger partial charge >= 0.3 is 0 Å². The summed E-state index contributed by atoms with van der Waals surface area (Å²) in [5.41, 5.74) is 12.7. The van der Waals surface area contributed by atoms with Crippen molar-refractivity contribution in [2.45, 2.75) is 35.5 Å². The zero-order valence-corrected chi connectivity index (χ0v) is 30.3. The third-order valence-corrected chi connectivity index (χ3v) is 14.1. The number of hydrogen-bond acceptors (Lipinski definition) is 6. The average molecular weight is 727 g/mol. The van der Waals surface area contributed by atoms with Gasteiger partial charge in [-0.15, -0.1) is 0 Å². The molecule has 0 saturated carbocycles. The number of ether oxygens (including phenoxy) is 2. The summed E-state index contributed by atoms with van der Waals surface area (Å²) >= 11 is 0. The van der Waals surface area contributed by atoms with Crippen molar-refractivity contribution in [2.24, 2.45) is 0 Å². The molecule has 0 aliphatic heterocycles. The summed E-state index contributed by atoms with van der Waals surface area (Å²) < 4.78 is 11.9. The van der Waals surface area contributed by atoms with Crippen LogP contribution in [0.2, 0.25) is 0 Å². The van der Waals surface area contributed by atoms with Gasteiger partial charge in [-0.25, -0.2) is 0 Å². The van der Waals surface area contributed by atoms with E-state index >= 15 is 19.2 Å². The van der Waals surface area contributed by atoms with Crippen LogP contribution in [0, 0.1) is 0 Å². The summed E-state index contributed by atoms with van der Waals surface area (Å²) in [6.45, 7) is 0. The minimum atomic E-state index is -0.856. The van der Waals surface area contributed by atoms with Crippen molar-refractivity contribution in [3.8, 4) is 11.5 Å². The van der Waals surface area contributed by atoms with Crippen molar-refractivity contribution in [3.05, 3.63) is 209 Å². The van der Waals surface area contributed by atoms with Gasteiger partial charge in [-0.2, -0.15) is 0 Å². The number of benzene rings is 5. The minimum absolute atomic E-state index is 0.183. The quantitative estimate of drug-likeness (QED) is 0.172. The fourth-order valence-electron chi connectivity index (χ4n) is 12.3. The van der Waals surface area contributed by atoms with Crippen LogP contribution in [-0.4, -0.2) is 37.4 Å². The molecular weight excluding hydrogens is 697 g/mol. The Bertz CT molecular complexity index is 2760. The summed E-state index contributed by atoms with van der Waals surface area (Å²) in [4.78, 5) is 62.6. The zero-order valence-electron chi connectivity index (χ0n) is 30.3. The lowest BCUT2D eigenvalue weighted by Gasteiger charge is -2.52. The van der Waals surface area contributed by atoms with Crippen molar-refractivity contribution in [2.75, 3.05) is 14.2 Å². The van der Waals surface area contributed by atoms with Crippen molar-refractivity contribution >= 4 is 23.1 Å². The van der Waals surface area contributed by atoms with Gasteiger partial charge in [0.25, 0.3) is 0 Å². The van der Waals surface area contributed by atoms with E-state index in [9.17, 15) is 0 Å². The molecular formula is C50H30O6. The maximum Gasteiger partial charge on any atom is 0.187 e. The summed E-state index contributed by atoms with van der Waals surface area (Å²) in [5.74, 6) is -3.26. The molecule has 6 heteroatoms. The molecule has 6 nitrogen and oxygen atoms in total. The average Bonchev–Trinajstić information content (AvgIpc) is 3.25. The number of carbonyl (C=O) groups excluding carboxylic acids is 4. The molecule has 0 heterocycles. The largest absolute Gasteiger partial charge is 0.496 e.